The molecule has 2 nitrogen and oxygen atoms in total. The average molecular weight is 240 g/mol. The van der Waals surface area contributed by atoms with Gasteiger partial charge in [-0.1, -0.05) is 32.1 Å². The zero-order chi connectivity index (χ0) is 11.2. The van der Waals surface area contributed by atoms with Crippen LogP contribution in [-0.2, 0) is 0 Å². The largest absolute Gasteiger partial charge is 0.360 e. The van der Waals surface area contributed by atoms with Crippen molar-refractivity contribution in [3.05, 3.63) is 0 Å². The molecule has 0 aromatic carbocycles. The third kappa shape index (κ3) is 3.62. The molecule has 1 N–H and O–H groups in total. The number of hydrogen-bond acceptors (Lipinski definition) is 1. The van der Waals surface area contributed by atoms with E-state index in [1.807, 2.05) is 0 Å². The van der Waals surface area contributed by atoms with Crippen molar-refractivity contribution >= 4 is 17.3 Å². The van der Waals surface area contributed by atoms with Crippen LogP contribution in [0, 0.1) is 0 Å². The van der Waals surface area contributed by atoms with Crippen molar-refractivity contribution in [2.24, 2.45) is 0 Å². The van der Waals surface area contributed by atoms with E-state index < -0.39 is 0 Å². The second-order valence-electron chi connectivity index (χ2n) is 5.19. The van der Waals surface area contributed by atoms with Gasteiger partial charge in [-0.3, -0.25) is 0 Å². The highest BCUT2D eigenvalue weighted by Crippen LogP contribution is 2.18. The lowest BCUT2D eigenvalue weighted by atomic mass is 10.1. The van der Waals surface area contributed by atoms with Gasteiger partial charge in [0.2, 0.25) is 0 Å². The maximum absolute atomic E-state index is 5.53. The molecule has 0 amide bonds. The molecule has 0 unspecified atom stereocenters. The lowest BCUT2D eigenvalue weighted by Crippen LogP contribution is -2.44. The van der Waals surface area contributed by atoms with E-state index in [-0.39, 0.29) is 0 Å². The van der Waals surface area contributed by atoms with Crippen LogP contribution in [-0.4, -0.2) is 29.1 Å². The van der Waals surface area contributed by atoms with Gasteiger partial charge in [-0.2, -0.15) is 0 Å². The van der Waals surface area contributed by atoms with Gasteiger partial charge in [0.25, 0.3) is 0 Å². The van der Waals surface area contributed by atoms with Gasteiger partial charge in [0.05, 0.1) is 0 Å². The quantitative estimate of drug-likeness (QED) is 0.709. The van der Waals surface area contributed by atoms with E-state index in [0.717, 1.165) is 5.11 Å². The van der Waals surface area contributed by atoms with Gasteiger partial charge in [-0.15, -0.1) is 0 Å². The fourth-order valence-corrected chi connectivity index (χ4v) is 3.14. The highest BCUT2D eigenvalue weighted by Gasteiger charge is 2.18. The lowest BCUT2D eigenvalue weighted by Gasteiger charge is -2.29. The number of nitrogens with zero attached hydrogens (tertiary/aromatic N) is 1. The number of likely N-dealkylation sites (tertiary alicyclic amines) is 1. The number of hydrogen-bond donors (Lipinski definition) is 1. The van der Waals surface area contributed by atoms with Crippen LogP contribution in [0.2, 0.25) is 0 Å². The van der Waals surface area contributed by atoms with E-state index in [1.54, 1.807) is 0 Å². The van der Waals surface area contributed by atoms with Gasteiger partial charge in [0.1, 0.15) is 0 Å². The van der Waals surface area contributed by atoms with Crippen LogP contribution in [0.15, 0.2) is 0 Å². The summed E-state index contributed by atoms with van der Waals surface area (Å²) in [5, 5.41) is 4.58. The Kier molecular flexibility index (Phi) is 4.89. The molecule has 0 bridgehead atoms. The lowest BCUT2D eigenvalue weighted by molar-refractivity contribution is 0.353. The van der Waals surface area contributed by atoms with Gasteiger partial charge in [-0.05, 0) is 37.9 Å². The molecule has 0 aromatic rings. The van der Waals surface area contributed by atoms with Crippen LogP contribution in [0.3, 0.4) is 0 Å². The Morgan fingerprint density at radius 3 is 2.06 bits per heavy atom. The Bertz CT molecular complexity index is 216. The standard InChI is InChI=1S/C13H24N2S/c16-13(14-12-8-4-5-9-12)15-10-6-2-1-3-7-11-15/h12H,1-11H2,(H,14,16). The van der Waals surface area contributed by atoms with E-state index in [0.29, 0.717) is 6.04 Å². The molecule has 1 aliphatic carbocycles. The van der Waals surface area contributed by atoms with E-state index in [4.69, 9.17) is 12.2 Å². The molecule has 1 aliphatic heterocycles. The molecule has 92 valence electrons. The summed E-state index contributed by atoms with van der Waals surface area (Å²) in [5.41, 5.74) is 0. The van der Waals surface area contributed by atoms with E-state index in [2.05, 4.69) is 10.2 Å². The van der Waals surface area contributed by atoms with Crippen molar-refractivity contribution in [2.45, 2.75) is 63.8 Å². The molecule has 2 rings (SSSR count). The van der Waals surface area contributed by atoms with E-state index >= 15 is 0 Å². The molecule has 2 aliphatic rings. The predicted octanol–water partition coefficient (Wildman–Crippen LogP) is 3.07. The minimum atomic E-state index is 0.665. The molecule has 0 atom stereocenters. The van der Waals surface area contributed by atoms with Crippen LogP contribution >= 0.6 is 12.2 Å². The van der Waals surface area contributed by atoms with Crippen LogP contribution in [0.1, 0.15) is 57.8 Å². The molecule has 16 heavy (non-hydrogen) atoms. The monoisotopic (exact) mass is 240 g/mol. The number of rotatable bonds is 1. The van der Waals surface area contributed by atoms with Gasteiger partial charge < -0.3 is 10.2 Å². The molecule has 0 radical (unpaired) electrons. The first-order valence-corrected chi connectivity index (χ1v) is 7.32. The second-order valence-corrected chi connectivity index (χ2v) is 5.57. The molecule has 1 saturated carbocycles. The van der Waals surface area contributed by atoms with Gasteiger partial charge in [-0.25, -0.2) is 0 Å². The molecule has 1 saturated heterocycles. The highest BCUT2D eigenvalue weighted by atomic mass is 32.1. The van der Waals surface area contributed by atoms with E-state index in [1.165, 1.54) is 70.9 Å². The van der Waals surface area contributed by atoms with Crippen molar-refractivity contribution in [1.82, 2.24) is 10.2 Å². The normalized spacial score (nSPS) is 23.9. The Morgan fingerprint density at radius 1 is 0.875 bits per heavy atom. The molecular weight excluding hydrogens is 216 g/mol. The number of nitrogens with one attached hydrogen (secondary N) is 1. The fourth-order valence-electron chi connectivity index (χ4n) is 2.79. The summed E-state index contributed by atoms with van der Waals surface area (Å²) in [4.78, 5) is 2.40. The summed E-state index contributed by atoms with van der Waals surface area (Å²) in [6.45, 7) is 2.33. The third-order valence-corrected chi connectivity index (χ3v) is 4.20. The maximum atomic E-state index is 5.53. The smallest absolute Gasteiger partial charge is 0.169 e. The Hall–Kier alpha value is -0.310. The molecule has 0 aromatic heterocycles. The maximum Gasteiger partial charge on any atom is 0.169 e. The summed E-state index contributed by atoms with van der Waals surface area (Å²) in [6.07, 6.45) is 12.2. The SMILES string of the molecule is S=C(NC1CCCC1)N1CCCCCCC1. The first-order chi connectivity index (χ1) is 7.86. The van der Waals surface area contributed by atoms with Crippen molar-refractivity contribution in [2.75, 3.05) is 13.1 Å². The van der Waals surface area contributed by atoms with Crippen LogP contribution in [0.5, 0.6) is 0 Å². The second kappa shape index (κ2) is 6.43. The van der Waals surface area contributed by atoms with Gasteiger partial charge >= 0.3 is 0 Å². The molecule has 1 heterocycles. The molecular formula is C13H24N2S. The van der Waals surface area contributed by atoms with Crippen molar-refractivity contribution in [3.63, 3.8) is 0 Å². The van der Waals surface area contributed by atoms with Crippen LogP contribution in [0.25, 0.3) is 0 Å². The highest BCUT2D eigenvalue weighted by molar-refractivity contribution is 7.80. The Labute approximate surface area is 105 Å². The summed E-state index contributed by atoms with van der Waals surface area (Å²) in [7, 11) is 0. The fraction of sp³-hybridized carbons (Fsp3) is 0.923. The van der Waals surface area contributed by atoms with E-state index in [9.17, 15) is 0 Å². The predicted molar refractivity (Wildman–Crippen MR) is 72.6 cm³/mol. The minimum Gasteiger partial charge on any atom is -0.360 e. The van der Waals surface area contributed by atoms with Crippen molar-refractivity contribution in [1.29, 1.82) is 0 Å². The average Bonchev–Trinajstić information content (AvgIpc) is 2.69. The molecule has 0 spiro atoms. The molecule has 2 fully saturated rings. The van der Waals surface area contributed by atoms with Crippen LogP contribution in [0.4, 0.5) is 0 Å². The first-order valence-electron chi connectivity index (χ1n) is 6.92. The summed E-state index contributed by atoms with van der Waals surface area (Å²) < 4.78 is 0. The van der Waals surface area contributed by atoms with Crippen molar-refractivity contribution < 1.29 is 0 Å². The Balaban J connectivity index is 1.76. The van der Waals surface area contributed by atoms with Gasteiger partial charge in [0, 0.05) is 19.1 Å². The van der Waals surface area contributed by atoms with Crippen LogP contribution < -0.4 is 5.32 Å². The number of thiocarbonyl (C=S) groups is 1. The third-order valence-electron chi connectivity index (χ3n) is 3.83. The molecule has 3 heteroatoms. The van der Waals surface area contributed by atoms with Crippen molar-refractivity contribution in [3.8, 4) is 0 Å². The summed E-state index contributed by atoms with van der Waals surface area (Å²) >= 11 is 5.53. The van der Waals surface area contributed by atoms with Gasteiger partial charge in [0.15, 0.2) is 5.11 Å². The zero-order valence-electron chi connectivity index (χ0n) is 10.2. The topological polar surface area (TPSA) is 15.3 Å². The minimum absolute atomic E-state index is 0.665. The summed E-state index contributed by atoms with van der Waals surface area (Å²) in [6, 6.07) is 0.665. The zero-order valence-corrected chi connectivity index (χ0v) is 11.0. The Morgan fingerprint density at radius 2 is 1.44 bits per heavy atom. The first kappa shape index (κ1) is 12.2. The summed E-state index contributed by atoms with van der Waals surface area (Å²) in [5.74, 6) is 0.